The minimum absolute atomic E-state index is 0.380. The van der Waals surface area contributed by atoms with Crippen molar-refractivity contribution in [2.75, 3.05) is 5.32 Å². The molecule has 5 heteroatoms. The van der Waals surface area contributed by atoms with Crippen LogP contribution in [-0.2, 0) is 0 Å². The molecule has 2 aromatic heterocycles. The van der Waals surface area contributed by atoms with Gasteiger partial charge in [-0.1, -0.05) is 0 Å². The molecule has 1 saturated carbocycles. The van der Waals surface area contributed by atoms with E-state index in [0.29, 0.717) is 12.1 Å². The molecule has 2 heterocycles. The summed E-state index contributed by atoms with van der Waals surface area (Å²) >= 11 is 0. The Kier molecular flexibility index (Phi) is 2.61. The second-order valence-electron chi connectivity index (χ2n) is 5.27. The van der Waals surface area contributed by atoms with Gasteiger partial charge in [-0.3, -0.25) is 4.68 Å². The lowest BCUT2D eigenvalue weighted by Crippen LogP contribution is -2.01. The summed E-state index contributed by atoms with van der Waals surface area (Å²) in [5.41, 5.74) is 2.05. The van der Waals surface area contributed by atoms with E-state index in [4.69, 9.17) is 0 Å². The van der Waals surface area contributed by atoms with Crippen LogP contribution in [0.2, 0.25) is 0 Å². The van der Waals surface area contributed by atoms with Gasteiger partial charge in [-0.2, -0.15) is 5.10 Å². The topological polar surface area (TPSA) is 47.7 Å². The Hall–Kier alpha value is -1.78. The van der Waals surface area contributed by atoms with Crippen LogP contribution in [0, 0.1) is 6.92 Å². The molecule has 0 saturated heterocycles. The van der Waals surface area contributed by atoms with E-state index in [2.05, 4.69) is 40.0 Å². The average molecular weight is 245 g/mol. The van der Waals surface area contributed by atoms with Crippen molar-refractivity contribution in [3.05, 3.63) is 24.3 Å². The molecule has 1 aliphatic rings. The lowest BCUT2D eigenvalue weighted by atomic mass is 10.4. The minimum atomic E-state index is 0.380. The number of nitrogens with one attached hydrogen (secondary N) is 1. The van der Waals surface area contributed by atoms with Crippen LogP contribution in [-0.4, -0.2) is 19.3 Å². The van der Waals surface area contributed by atoms with Gasteiger partial charge in [-0.05, 0) is 33.6 Å². The van der Waals surface area contributed by atoms with E-state index in [1.165, 1.54) is 12.8 Å². The molecular weight excluding hydrogens is 226 g/mol. The largest absolute Gasteiger partial charge is 0.323 e. The fraction of sp³-hybridized carbons (Fsp3) is 0.538. The van der Waals surface area contributed by atoms with Crippen LogP contribution in [0.15, 0.2) is 18.6 Å². The molecule has 18 heavy (non-hydrogen) atoms. The molecule has 1 aliphatic carbocycles. The average Bonchev–Trinajstić information content (AvgIpc) is 2.94. The highest BCUT2D eigenvalue weighted by atomic mass is 15.3. The van der Waals surface area contributed by atoms with Crippen LogP contribution in [0.5, 0.6) is 0 Å². The second-order valence-corrected chi connectivity index (χ2v) is 5.27. The molecular formula is C13H19N5. The monoisotopic (exact) mass is 245 g/mol. The fourth-order valence-corrected chi connectivity index (χ4v) is 2.05. The summed E-state index contributed by atoms with van der Waals surface area (Å²) in [4.78, 5) is 4.54. The highest BCUT2D eigenvalue weighted by Crippen LogP contribution is 2.37. The van der Waals surface area contributed by atoms with E-state index in [1.54, 1.807) is 0 Å². The minimum Gasteiger partial charge on any atom is -0.323 e. The number of hydrogen-bond donors (Lipinski definition) is 1. The fourth-order valence-electron chi connectivity index (χ4n) is 2.05. The van der Waals surface area contributed by atoms with Gasteiger partial charge in [0.1, 0.15) is 0 Å². The predicted molar refractivity (Wildman–Crippen MR) is 71.1 cm³/mol. The van der Waals surface area contributed by atoms with Gasteiger partial charge in [-0.15, -0.1) is 0 Å². The first kappa shape index (κ1) is 11.3. The lowest BCUT2D eigenvalue weighted by molar-refractivity contribution is 0.532. The number of anilines is 2. The van der Waals surface area contributed by atoms with E-state index in [1.807, 2.05) is 24.0 Å². The van der Waals surface area contributed by atoms with Crippen LogP contribution < -0.4 is 5.32 Å². The number of imidazole rings is 1. The summed E-state index contributed by atoms with van der Waals surface area (Å²) in [6.45, 7) is 6.26. The second kappa shape index (κ2) is 4.15. The molecule has 5 nitrogen and oxygen atoms in total. The van der Waals surface area contributed by atoms with Gasteiger partial charge in [0.2, 0.25) is 5.95 Å². The third kappa shape index (κ3) is 2.12. The Morgan fingerprint density at radius 3 is 2.72 bits per heavy atom. The summed E-state index contributed by atoms with van der Waals surface area (Å²) in [6.07, 6.45) is 8.51. The zero-order chi connectivity index (χ0) is 12.7. The molecule has 96 valence electrons. The maximum Gasteiger partial charge on any atom is 0.207 e. The molecule has 0 bridgehead atoms. The van der Waals surface area contributed by atoms with E-state index in [0.717, 1.165) is 17.3 Å². The van der Waals surface area contributed by atoms with Crippen molar-refractivity contribution in [2.45, 2.75) is 45.7 Å². The van der Waals surface area contributed by atoms with Gasteiger partial charge < -0.3 is 9.88 Å². The van der Waals surface area contributed by atoms with Crippen molar-refractivity contribution in [3.8, 4) is 0 Å². The molecule has 0 amide bonds. The summed E-state index contributed by atoms with van der Waals surface area (Å²) in [5.74, 6) is 0.929. The maximum atomic E-state index is 4.54. The van der Waals surface area contributed by atoms with Gasteiger partial charge in [0, 0.05) is 24.5 Å². The molecule has 3 rings (SSSR count). The molecule has 0 aromatic carbocycles. The SMILES string of the molecule is Cc1cn(C2CC2)c(Nc2cnn(C(C)C)c2)n1. The van der Waals surface area contributed by atoms with Crippen molar-refractivity contribution >= 4 is 11.6 Å². The summed E-state index contributed by atoms with van der Waals surface area (Å²) < 4.78 is 4.18. The zero-order valence-corrected chi connectivity index (χ0v) is 11.1. The van der Waals surface area contributed by atoms with E-state index >= 15 is 0 Å². The molecule has 0 radical (unpaired) electrons. The number of rotatable bonds is 4. The highest BCUT2D eigenvalue weighted by Gasteiger charge is 2.26. The number of aryl methyl sites for hydroxylation is 1. The number of aromatic nitrogens is 4. The van der Waals surface area contributed by atoms with Gasteiger partial charge in [0.25, 0.3) is 0 Å². The van der Waals surface area contributed by atoms with Crippen molar-refractivity contribution in [1.82, 2.24) is 19.3 Å². The molecule has 0 unspecified atom stereocenters. The predicted octanol–water partition coefficient (Wildman–Crippen LogP) is 3.05. The molecule has 1 fully saturated rings. The zero-order valence-electron chi connectivity index (χ0n) is 11.1. The normalized spacial score (nSPS) is 15.3. The first-order valence-corrected chi connectivity index (χ1v) is 6.50. The molecule has 0 spiro atoms. The lowest BCUT2D eigenvalue weighted by Gasteiger charge is -2.07. The van der Waals surface area contributed by atoms with Crippen molar-refractivity contribution in [1.29, 1.82) is 0 Å². The summed E-state index contributed by atoms with van der Waals surface area (Å²) in [5, 5.41) is 7.68. The quantitative estimate of drug-likeness (QED) is 0.900. The van der Waals surface area contributed by atoms with Gasteiger partial charge >= 0.3 is 0 Å². The molecule has 1 N–H and O–H groups in total. The molecule has 0 aliphatic heterocycles. The smallest absolute Gasteiger partial charge is 0.207 e. The third-order valence-electron chi connectivity index (χ3n) is 3.18. The Morgan fingerprint density at radius 2 is 2.11 bits per heavy atom. The summed E-state index contributed by atoms with van der Waals surface area (Å²) in [7, 11) is 0. The molecule has 2 aromatic rings. The Labute approximate surface area is 107 Å². The number of nitrogens with zero attached hydrogens (tertiary/aromatic N) is 4. The maximum absolute atomic E-state index is 4.54. The van der Waals surface area contributed by atoms with Gasteiger partial charge in [-0.25, -0.2) is 4.98 Å². The van der Waals surface area contributed by atoms with Crippen molar-refractivity contribution < 1.29 is 0 Å². The van der Waals surface area contributed by atoms with Crippen LogP contribution >= 0.6 is 0 Å². The third-order valence-corrected chi connectivity index (χ3v) is 3.18. The van der Waals surface area contributed by atoms with E-state index < -0.39 is 0 Å². The van der Waals surface area contributed by atoms with Gasteiger partial charge in [0.05, 0.1) is 17.6 Å². The van der Waals surface area contributed by atoms with Gasteiger partial charge in [0.15, 0.2) is 0 Å². The van der Waals surface area contributed by atoms with Crippen LogP contribution in [0.4, 0.5) is 11.6 Å². The Morgan fingerprint density at radius 1 is 1.33 bits per heavy atom. The standard InChI is InChI=1S/C13H19N5/c1-9(2)18-8-11(6-14-18)16-13-15-10(3)7-17(13)12-4-5-12/h6-9,12H,4-5H2,1-3H3,(H,15,16). The van der Waals surface area contributed by atoms with E-state index in [9.17, 15) is 0 Å². The van der Waals surface area contributed by atoms with Crippen molar-refractivity contribution in [2.24, 2.45) is 0 Å². The van der Waals surface area contributed by atoms with Crippen LogP contribution in [0.25, 0.3) is 0 Å². The van der Waals surface area contributed by atoms with Crippen molar-refractivity contribution in [3.63, 3.8) is 0 Å². The van der Waals surface area contributed by atoms with E-state index in [-0.39, 0.29) is 0 Å². The summed E-state index contributed by atoms with van der Waals surface area (Å²) in [6, 6.07) is 1.01. The highest BCUT2D eigenvalue weighted by molar-refractivity contribution is 5.51. The first-order chi connectivity index (χ1) is 8.63. The first-order valence-electron chi connectivity index (χ1n) is 6.50. The van der Waals surface area contributed by atoms with Crippen LogP contribution in [0.1, 0.15) is 44.5 Å². The Balaban J connectivity index is 1.82. The Bertz CT molecular complexity index is 547. The van der Waals surface area contributed by atoms with Crippen LogP contribution in [0.3, 0.4) is 0 Å². The number of hydrogen-bond acceptors (Lipinski definition) is 3. The molecule has 0 atom stereocenters.